The van der Waals surface area contributed by atoms with E-state index in [2.05, 4.69) is 5.32 Å². The lowest BCUT2D eigenvalue weighted by Gasteiger charge is -2.16. The molecule has 0 aromatic heterocycles. The maximum absolute atomic E-state index is 11.7. The fourth-order valence-electron chi connectivity index (χ4n) is 1.80. The van der Waals surface area contributed by atoms with Crippen LogP contribution < -0.4 is 5.32 Å². The average molecular weight is 251 g/mol. The summed E-state index contributed by atoms with van der Waals surface area (Å²) in [4.78, 5) is 23.2. The molecule has 1 unspecified atom stereocenters. The molecule has 2 amide bonds. The summed E-state index contributed by atoms with van der Waals surface area (Å²) in [6.45, 7) is 0.832. The van der Waals surface area contributed by atoms with Gasteiger partial charge in [-0.2, -0.15) is 0 Å². The maximum Gasteiger partial charge on any atom is 0.321 e. The Bertz CT molecular complexity index is 460. The van der Waals surface area contributed by atoms with E-state index < -0.39 is 11.0 Å². The molecule has 1 heterocycles. The molecule has 7 nitrogen and oxygen atoms in total. The number of nitrogens with zero attached hydrogens (tertiary/aromatic N) is 2. The van der Waals surface area contributed by atoms with Crippen molar-refractivity contribution in [2.75, 3.05) is 18.4 Å². The number of carbonyl (C=O) groups is 1. The molecule has 0 bridgehead atoms. The molecule has 0 saturated carbocycles. The monoisotopic (exact) mass is 251 g/mol. The summed E-state index contributed by atoms with van der Waals surface area (Å²) in [6.07, 6.45) is 0.112. The van der Waals surface area contributed by atoms with Gasteiger partial charge in [0.25, 0.3) is 5.69 Å². The van der Waals surface area contributed by atoms with Crippen LogP contribution in [0, 0.1) is 10.1 Å². The molecule has 2 rings (SSSR count). The van der Waals surface area contributed by atoms with E-state index in [0.29, 0.717) is 25.2 Å². The molecule has 0 aliphatic carbocycles. The molecule has 96 valence electrons. The highest BCUT2D eigenvalue weighted by atomic mass is 16.6. The zero-order valence-corrected chi connectivity index (χ0v) is 9.57. The number of amides is 2. The zero-order valence-electron chi connectivity index (χ0n) is 9.57. The number of nitro benzene ring substituents is 1. The van der Waals surface area contributed by atoms with E-state index in [-0.39, 0.29) is 11.7 Å². The van der Waals surface area contributed by atoms with E-state index in [1.807, 2.05) is 0 Å². The van der Waals surface area contributed by atoms with Crippen LogP contribution in [0.3, 0.4) is 0 Å². The molecule has 18 heavy (non-hydrogen) atoms. The summed E-state index contributed by atoms with van der Waals surface area (Å²) < 4.78 is 0. The van der Waals surface area contributed by atoms with E-state index in [4.69, 9.17) is 0 Å². The van der Waals surface area contributed by atoms with E-state index in [1.54, 1.807) is 0 Å². The number of aliphatic hydroxyl groups is 1. The summed E-state index contributed by atoms with van der Waals surface area (Å²) in [6, 6.07) is 5.30. The number of nitro groups is 1. The first kappa shape index (κ1) is 12.3. The number of nitrogens with one attached hydrogen (secondary N) is 1. The number of hydrogen-bond acceptors (Lipinski definition) is 4. The topological polar surface area (TPSA) is 95.7 Å². The van der Waals surface area contributed by atoms with Crippen molar-refractivity contribution in [2.24, 2.45) is 0 Å². The Hall–Kier alpha value is -2.15. The van der Waals surface area contributed by atoms with Crippen LogP contribution in [0.1, 0.15) is 6.42 Å². The van der Waals surface area contributed by atoms with Crippen molar-refractivity contribution in [3.05, 3.63) is 34.4 Å². The minimum absolute atomic E-state index is 0.0235. The van der Waals surface area contributed by atoms with Gasteiger partial charge in [0.2, 0.25) is 0 Å². The second kappa shape index (κ2) is 5.01. The van der Waals surface area contributed by atoms with Crippen molar-refractivity contribution in [3.63, 3.8) is 0 Å². The number of rotatable bonds is 2. The number of carbonyl (C=O) groups excluding carboxylic acids is 1. The van der Waals surface area contributed by atoms with Gasteiger partial charge in [0.1, 0.15) is 0 Å². The number of non-ortho nitro benzene ring substituents is 1. The molecule has 0 radical (unpaired) electrons. The number of anilines is 1. The van der Waals surface area contributed by atoms with Crippen LogP contribution in [0.25, 0.3) is 0 Å². The highest BCUT2D eigenvalue weighted by molar-refractivity contribution is 5.89. The van der Waals surface area contributed by atoms with Crippen LogP contribution >= 0.6 is 0 Å². The van der Waals surface area contributed by atoms with E-state index >= 15 is 0 Å². The predicted octanol–water partition coefficient (Wildman–Crippen LogP) is 1.19. The predicted molar refractivity (Wildman–Crippen MR) is 64.3 cm³/mol. The molecule has 1 atom stereocenters. The van der Waals surface area contributed by atoms with E-state index in [0.717, 1.165) is 0 Å². The van der Waals surface area contributed by atoms with Crippen LogP contribution in [0.2, 0.25) is 0 Å². The first-order valence-electron chi connectivity index (χ1n) is 5.55. The summed E-state index contributed by atoms with van der Waals surface area (Å²) in [5.41, 5.74) is 0.469. The van der Waals surface area contributed by atoms with Crippen LogP contribution in [0.4, 0.5) is 16.2 Å². The minimum atomic E-state index is -0.498. The molecule has 1 aromatic rings. The SMILES string of the molecule is O=C(Nc1ccc([N+](=O)[O-])cc1)N1CCC(O)C1. The van der Waals surface area contributed by atoms with Crippen LogP contribution in [0.15, 0.2) is 24.3 Å². The van der Waals surface area contributed by atoms with Crippen molar-refractivity contribution in [3.8, 4) is 0 Å². The smallest absolute Gasteiger partial charge is 0.321 e. The van der Waals surface area contributed by atoms with Crippen molar-refractivity contribution in [1.29, 1.82) is 0 Å². The largest absolute Gasteiger partial charge is 0.391 e. The standard InChI is InChI=1S/C11H13N3O4/c15-10-5-6-13(7-10)11(16)12-8-1-3-9(4-2-8)14(17)18/h1-4,10,15H,5-7H2,(H,12,16). The molecule has 1 aliphatic heterocycles. The van der Waals surface area contributed by atoms with Gasteiger partial charge >= 0.3 is 6.03 Å². The fourth-order valence-corrected chi connectivity index (χ4v) is 1.80. The molecule has 2 N–H and O–H groups in total. The Morgan fingerprint density at radius 3 is 2.61 bits per heavy atom. The summed E-state index contributed by atoms with van der Waals surface area (Å²) in [7, 11) is 0. The van der Waals surface area contributed by atoms with Gasteiger partial charge in [0, 0.05) is 30.9 Å². The van der Waals surface area contributed by atoms with Crippen molar-refractivity contribution < 1.29 is 14.8 Å². The van der Waals surface area contributed by atoms with Crippen molar-refractivity contribution >= 4 is 17.4 Å². The third kappa shape index (κ3) is 2.75. The molecular weight excluding hydrogens is 238 g/mol. The first-order chi connectivity index (χ1) is 8.56. The van der Waals surface area contributed by atoms with Gasteiger partial charge in [-0.15, -0.1) is 0 Å². The third-order valence-electron chi connectivity index (χ3n) is 2.78. The summed E-state index contributed by atoms with van der Waals surface area (Å²) in [5, 5.41) is 22.4. The number of benzene rings is 1. The number of likely N-dealkylation sites (tertiary alicyclic amines) is 1. The Balaban J connectivity index is 1.97. The molecule has 7 heteroatoms. The molecule has 1 saturated heterocycles. The lowest BCUT2D eigenvalue weighted by atomic mass is 10.3. The van der Waals surface area contributed by atoms with Gasteiger partial charge in [-0.25, -0.2) is 4.79 Å². The molecular formula is C11H13N3O4. The van der Waals surface area contributed by atoms with Gasteiger partial charge in [-0.05, 0) is 18.6 Å². The second-order valence-corrected chi connectivity index (χ2v) is 4.12. The number of urea groups is 1. The average Bonchev–Trinajstić information content (AvgIpc) is 2.76. The number of β-amino-alcohol motifs (C(OH)–C–C–N with tert-alkyl or cyclic N) is 1. The Labute approximate surface area is 103 Å². The highest BCUT2D eigenvalue weighted by Crippen LogP contribution is 2.17. The number of hydrogen-bond donors (Lipinski definition) is 2. The van der Waals surface area contributed by atoms with Crippen LogP contribution in [-0.2, 0) is 0 Å². The molecule has 1 aliphatic rings. The highest BCUT2D eigenvalue weighted by Gasteiger charge is 2.24. The second-order valence-electron chi connectivity index (χ2n) is 4.12. The Morgan fingerprint density at radius 2 is 2.11 bits per heavy atom. The van der Waals surface area contributed by atoms with Gasteiger partial charge < -0.3 is 15.3 Å². The Kier molecular flexibility index (Phi) is 3.42. The quantitative estimate of drug-likeness (QED) is 0.609. The minimum Gasteiger partial charge on any atom is -0.391 e. The van der Waals surface area contributed by atoms with E-state index in [9.17, 15) is 20.0 Å². The third-order valence-corrected chi connectivity index (χ3v) is 2.78. The van der Waals surface area contributed by atoms with Gasteiger partial charge in [-0.1, -0.05) is 0 Å². The summed E-state index contributed by atoms with van der Waals surface area (Å²) in [5.74, 6) is 0. The van der Waals surface area contributed by atoms with Gasteiger partial charge in [0.05, 0.1) is 11.0 Å². The molecule has 1 fully saturated rings. The number of aliphatic hydroxyl groups excluding tert-OH is 1. The molecule has 1 aromatic carbocycles. The van der Waals surface area contributed by atoms with Gasteiger partial charge in [-0.3, -0.25) is 10.1 Å². The normalized spacial score (nSPS) is 18.7. The van der Waals surface area contributed by atoms with Gasteiger partial charge in [0.15, 0.2) is 0 Å². The zero-order chi connectivity index (χ0) is 13.1. The fraction of sp³-hybridized carbons (Fsp3) is 0.364. The summed E-state index contributed by atoms with van der Waals surface area (Å²) >= 11 is 0. The lowest BCUT2D eigenvalue weighted by molar-refractivity contribution is -0.384. The van der Waals surface area contributed by atoms with E-state index in [1.165, 1.54) is 29.2 Å². The first-order valence-corrected chi connectivity index (χ1v) is 5.55. The Morgan fingerprint density at radius 1 is 1.44 bits per heavy atom. The van der Waals surface area contributed by atoms with Crippen LogP contribution in [0.5, 0.6) is 0 Å². The van der Waals surface area contributed by atoms with Crippen molar-refractivity contribution in [1.82, 2.24) is 4.90 Å². The van der Waals surface area contributed by atoms with Crippen LogP contribution in [-0.4, -0.2) is 40.2 Å². The van der Waals surface area contributed by atoms with Crippen molar-refractivity contribution in [2.45, 2.75) is 12.5 Å². The lowest BCUT2D eigenvalue weighted by Crippen LogP contribution is -2.33. The molecule has 0 spiro atoms. The maximum atomic E-state index is 11.7.